The standard InChI is InChI=1S/C34H21ClN4/c35-34-37-32(24-19-22-11-6-9-21-10-7-12-23(20-24)30(21)22)36-33(38-34)28-17-8-16-27-26-15-4-5-18-29(26)39(31(27)28)25-13-2-1-3-14-25/h1-9,11-20H,10H2. The summed E-state index contributed by atoms with van der Waals surface area (Å²) in [6, 6.07) is 35.9. The summed E-state index contributed by atoms with van der Waals surface area (Å²) in [4.78, 5) is 14.2. The normalized spacial score (nSPS) is 12.5. The number of hydrogen-bond donors (Lipinski definition) is 0. The highest BCUT2D eigenvalue weighted by atomic mass is 35.5. The molecular formula is C34H21ClN4. The van der Waals surface area contributed by atoms with Crippen LogP contribution in [0.15, 0.2) is 109 Å². The lowest BCUT2D eigenvalue weighted by Crippen LogP contribution is -2.01. The summed E-state index contributed by atoms with van der Waals surface area (Å²) in [6.45, 7) is 0. The van der Waals surface area contributed by atoms with E-state index < -0.39 is 0 Å². The Morgan fingerprint density at radius 3 is 2.41 bits per heavy atom. The van der Waals surface area contributed by atoms with Gasteiger partial charge in [-0.2, -0.15) is 9.97 Å². The minimum absolute atomic E-state index is 0.174. The molecule has 7 aromatic rings. The number of fused-ring (bicyclic) bond motifs is 3. The maximum absolute atomic E-state index is 6.58. The molecule has 184 valence electrons. The highest BCUT2D eigenvalue weighted by Crippen LogP contribution is 2.38. The van der Waals surface area contributed by atoms with Gasteiger partial charge in [0.15, 0.2) is 11.6 Å². The summed E-state index contributed by atoms with van der Waals surface area (Å²) in [5.74, 6) is 1.11. The van der Waals surface area contributed by atoms with Crippen LogP contribution < -0.4 is 0 Å². The summed E-state index contributed by atoms with van der Waals surface area (Å²) < 4.78 is 2.28. The molecule has 0 fully saturated rings. The lowest BCUT2D eigenvalue weighted by Gasteiger charge is -2.15. The molecule has 2 heterocycles. The summed E-state index contributed by atoms with van der Waals surface area (Å²) >= 11 is 6.58. The van der Waals surface area contributed by atoms with E-state index >= 15 is 0 Å². The number of aromatic nitrogens is 4. The van der Waals surface area contributed by atoms with Crippen LogP contribution in [0.25, 0.3) is 67.1 Å². The lowest BCUT2D eigenvalue weighted by molar-refractivity contribution is 1.06. The van der Waals surface area contributed by atoms with Gasteiger partial charge in [0.05, 0.1) is 11.0 Å². The second-order valence-electron chi connectivity index (χ2n) is 9.83. The quantitative estimate of drug-likeness (QED) is 0.234. The van der Waals surface area contributed by atoms with Gasteiger partial charge >= 0.3 is 0 Å². The molecule has 0 radical (unpaired) electrons. The number of nitrogens with zero attached hydrogens (tertiary/aromatic N) is 4. The first-order valence-corrected chi connectivity index (χ1v) is 13.3. The average molecular weight is 521 g/mol. The fraction of sp³-hybridized carbons (Fsp3) is 0.0294. The maximum atomic E-state index is 6.58. The Labute approximate surface area is 229 Å². The molecule has 2 aromatic heterocycles. The van der Waals surface area contributed by atoms with Crippen molar-refractivity contribution in [3.8, 4) is 28.5 Å². The highest BCUT2D eigenvalue weighted by molar-refractivity contribution is 6.28. The zero-order valence-electron chi connectivity index (χ0n) is 20.8. The molecule has 1 aliphatic carbocycles. The monoisotopic (exact) mass is 520 g/mol. The Morgan fingerprint density at radius 1 is 0.692 bits per heavy atom. The van der Waals surface area contributed by atoms with E-state index in [2.05, 4.69) is 124 Å². The Bertz CT molecular complexity index is 2110. The number of benzene rings is 5. The fourth-order valence-corrected chi connectivity index (χ4v) is 6.09. The van der Waals surface area contributed by atoms with Crippen LogP contribution in [-0.2, 0) is 6.42 Å². The molecule has 39 heavy (non-hydrogen) atoms. The summed E-state index contributed by atoms with van der Waals surface area (Å²) in [6.07, 6.45) is 5.34. The molecule has 0 unspecified atom stereocenters. The summed E-state index contributed by atoms with van der Waals surface area (Å²) in [5.41, 5.74) is 7.58. The van der Waals surface area contributed by atoms with E-state index in [1.165, 1.54) is 27.3 Å². The van der Waals surface area contributed by atoms with E-state index in [1.807, 2.05) is 6.07 Å². The number of allylic oxidation sites excluding steroid dienone is 1. The smallest absolute Gasteiger partial charge is 0.226 e. The number of rotatable bonds is 3. The molecule has 1 aliphatic rings. The Hall–Kier alpha value is -4.80. The van der Waals surface area contributed by atoms with E-state index in [0.717, 1.165) is 39.7 Å². The van der Waals surface area contributed by atoms with Crippen molar-refractivity contribution in [2.24, 2.45) is 0 Å². The maximum Gasteiger partial charge on any atom is 0.226 e. The van der Waals surface area contributed by atoms with Crippen LogP contribution in [0.5, 0.6) is 0 Å². The third-order valence-corrected chi connectivity index (χ3v) is 7.71. The van der Waals surface area contributed by atoms with Gasteiger partial charge in [-0.25, -0.2) is 4.98 Å². The van der Waals surface area contributed by atoms with Crippen LogP contribution in [0.4, 0.5) is 0 Å². The summed E-state index contributed by atoms with van der Waals surface area (Å²) in [5, 5.41) is 4.95. The van der Waals surface area contributed by atoms with E-state index in [1.54, 1.807) is 0 Å². The van der Waals surface area contributed by atoms with Crippen molar-refractivity contribution in [3.05, 3.63) is 126 Å². The van der Waals surface area contributed by atoms with Gasteiger partial charge in [0, 0.05) is 27.6 Å². The third-order valence-electron chi connectivity index (χ3n) is 7.55. The molecule has 0 saturated carbocycles. The molecule has 0 N–H and O–H groups in total. The molecule has 0 aliphatic heterocycles. The zero-order valence-corrected chi connectivity index (χ0v) is 21.6. The second-order valence-corrected chi connectivity index (χ2v) is 10.2. The van der Waals surface area contributed by atoms with Gasteiger partial charge < -0.3 is 4.57 Å². The number of para-hydroxylation sites is 3. The third kappa shape index (κ3) is 3.49. The highest BCUT2D eigenvalue weighted by Gasteiger charge is 2.19. The predicted octanol–water partition coefficient (Wildman–Crippen LogP) is 8.68. The molecule has 5 aromatic carbocycles. The molecule has 0 spiro atoms. The second kappa shape index (κ2) is 8.62. The largest absolute Gasteiger partial charge is 0.309 e. The van der Waals surface area contributed by atoms with Gasteiger partial charge in [-0.05, 0) is 76.3 Å². The van der Waals surface area contributed by atoms with Crippen LogP contribution >= 0.6 is 11.6 Å². The van der Waals surface area contributed by atoms with Crippen LogP contribution in [0.1, 0.15) is 11.1 Å². The molecule has 0 bridgehead atoms. The first-order valence-electron chi connectivity index (χ1n) is 13.0. The molecule has 8 rings (SSSR count). The van der Waals surface area contributed by atoms with Crippen molar-refractivity contribution in [2.45, 2.75) is 6.42 Å². The van der Waals surface area contributed by atoms with Crippen molar-refractivity contribution in [1.82, 2.24) is 19.5 Å². The van der Waals surface area contributed by atoms with Crippen LogP contribution in [0, 0.1) is 0 Å². The number of hydrogen-bond acceptors (Lipinski definition) is 3. The van der Waals surface area contributed by atoms with Crippen LogP contribution in [-0.4, -0.2) is 19.5 Å². The molecule has 0 atom stereocenters. The van der Waals surface area contributed by atoms with Gasteiger partial charge in [-0.15, -0.1) is 0 Å². The Morgan fingerprint density at radius 2 is 1.49 bits per heavy atom. The molecule has 5 heteroatoms. The van der Waals surface area contributed by atoms with E-state index in [9.17, 15) is 0 Å². The van der Waals surface area contributed by atoms with E-state index in [0.29, 0.717) is 11.6 Å². The fourth-order valence-electron chi connectivity index (χ4n) is 5.93. The minimum atomic E-state index is 0.174. The van der Waals surface area contributed by atoms with Gasteiger partial charge in [-0.1, -0.05) is 78.9 Å². The topological polar surface area (TPSA) is 43.6 Å². The molecule has 0 amide bonds. The first-order chi connectivity index (χ1) is 19.2. The minimum Gasteiger partial charge on any atom is -0.309 e. The van der Waals surface area contributed by atoms with Crippen LogP contribution in [0.2, 0.25) is 5.28 Å². The van der Waals surface area contributed by atoms with Crippen molar-refractivity contribution in [3.63, 3.8) is 0 Å². The Balaban J connectivity index is 1.39. The predicted molar refractivity (Wildman–Crippen MR) is 160 cm³/mol. The van der Waals surface area contributed by atoms with Crippen LogP contribution in [0.3, 0.4) is 0 Å². The molecule has 4 nitrogen and oxygen atoms in total. The van der Waals surface area contributed by atoms with Crippen molar-refractivity contribution >= 4 is 50.3 Å². The Kier molecular flexibility index (Phi) is 4.91. The van der Waals surface area contributed by atoms with Crippen molar-refractivity contribution < 1.29 is 0 Å². The van der Waals surface area contributed by atoms with Gasteiger partial charge in [0.25, 0.3) is 0 Å². The lowest BCUT2D eigenvalue weighted by atomic mass is 9.91. The van der Waals surface area contributed by atoms with Gasteiger partial charge in [-0.3, -0.25) is 0 Å². The van der Waals surface area contributed by atoms with Crippen molar-refractivity contribution in [1.29, 1.82) is 0 Å². The van der Waals surface area contributed by atoms with E-state index in [4.69, 9.17) is 16.6 Å². The molecular weight excluding hydrogens is 500 g/mol. The first kappa shape index (κ1) is 22.2. The van der Waals surface area contributed by atoms with Gasteiger partial charge in [0.1, 0.15) is 0 Å². The average Bonchev–Trinajstić information content (AvgIpc) is 3.32. The van der Waals surface area contributed by atoms with Gasteiger partial charge in [0.2, 0.25) is 5.28 Å². The van der Waals surface area contributed by atoms with Crippen molar-refractivity contribution in [2.75, 3.05) is 0 Å². The number of halogens is 1. The SMILES string of the molecule is Clc1nc(-c2cc3c4c(cccc4c2)CC=C3)nc(-c2cccc3c4ccccc4n(-c4ccccc4)c23)n1. The summed E-state index contributed by atoms with van der Waals surface area (Å²) in [7, 11) is 0. The zero-order chi connectivity index (χ0) is 25.9. The van der Waals surface area contributed by atoms with E-state index in [-0.39, 0.29) is 5.28 Å². The molecule has 0 saturated heterocycles.